The van der Waals surface area contributed by atoms with Gasteiger partial charge >= 0.3 is 11.9 Å². The second-order valence-corrected chi connectivity index (χ2v) is 20.8. The Labute approximate surface area is 492 Å². The van der Waals surface area contributed by atoms with E-state index in [9.17, 15) is 73.5 Å². The number of amides is 8. The molecule has 0 spiro atoms. The number of carboxylic acids is 2. The molecule has 0 bridgehead atoms. The summed E-state index contributed by atoms with van der Waals surface area (Å²) in [6.45, 7) is 4.01. The molecule has 0 saturated heterocycles. The summed E-state index contributed by atoms with van der Waals surface area (Å²) < 4.78 is 0. The Morgan fingerprint density at radius 3 is 1.38 bits per heavy atom. The number of carbonyl (C=O) groups excluding carboxylic acids is 8. The number of unbranched alkanes of at least 4 members (excludes halogenated alkanes) is 1. The number of phenolic OH excluding ortho intramolecular Hbond substituents is 1. The lowest BCUT2D eigenvalue weighted by molar-refractivity contribution is -0.142. The molecule has 10 atom stereocenters. The fourth-order valence-corrected chi connectivity index (χ4v) is 8.60. The lowest BCUT2D eigenvalue weighted by atomic mass is 10.0. The van der Waals surface area contributed by atoms with E-state index in [4.69, 9.17) is 22.9 Å². The van der Waals surface area contributed by atoms with Crippen molar-refractivity contribution < 1.29 is 73.5 Å². The zero-order valence-corrected chi connectivity index (χ0v) is 47.9. The predicted molar refractivity (Wildman–Crippen MR) is 311 cm³/mol. The Morgan fingerprint density at radius 2 is 0.918 bits per heavy atom. The Morgan fingerprint density at radius 1 is 0.506 bits per heavy atom. The molecule has 85 heavy (non-hydrogen) atoms. The molecule has 3 aromatic carbocycles. The first-order valence-electron chi connectivity index (χ1n) is 27.8. The van der Waals surface area contributed by atoms with E-state index in [2.05, 4.69) is 47.5 Å². The zero-order chi connectivity index (χ0) is 63.2. The van der Waals surface area contributed by atoms with Crippen LogP contribution in [0.3, 0.4) is 0 Å². The lowest BCUT2D eigenvalue weighted by Gasteiger charge is -2.29. The van der Waals surface area contributed by atoms with Gasteiger partial charge in [-0.3, -0.25) is 48.1 Å². The molecule has 0 fully saturated rings. The highest BCUT2D eigenvalue weighted by molar-refractivity contribution is 5.98. The molecular weight excluding hydrogens is 1110 g/mol. The highest BCUT2D eigenvalue weighted by Crippen LogP contribution is 2.15. The van der Waals surface area contributed by atoms with Crippen molar-refractivity contribution >= 4 is 65.2 Å². The average molecular weight is 1190 g/mol. The van der Waals surface area contributed by atoms with E-state index in [1.807, 2.05) is 0 Å². The fraction of sp³-hybridized carbons (Fsp3) is 0.491. The van der Waals surface area contributed by atoms with Crippen LogP contribution in [0.25, 0.3) is 0 Å². The van der Waals surface area contributed by atoms with Gasteiger partial charge in [-0.25, -0.2) is 4.79 Å². The van der Waals surface area contributed by atoms with Crippen LogP contribution in [-0.4, -0.2) is 171 Å². The van der Waals surface area contributed by atoms with Crippen molar-refractivity contribution in [2.24, 2.45) is 33.8 Å². The van der Waals surface area contributed by atoms with Gasteiger partial charge in [0.1, 0.15) is 60.1 Å². The molecule has 3 aromatic rings. The van der Waals surface area contributed by atoms with Gasteiger partial charge in [0, 0.05) is 32.2 Å². The number of carboxylic acid groups (broad SMARTS) is 2. The number of aliphatic hydroxyl groups is 2. The minimum absolute atomic E-state index is 0.0375. The number of hydrogen-bond donors (Lipinski definition) is 17. The molecule has 0 aliphatic carbocycles. The average Bonchev–Trinajstić information content (AvgIpc) is 3.66. The molecule has 0 aliphatic rings. The SMILES string of the molecule is CC(C)C[C@H](NC(=O)[C@@H](NC(=O)[C@H](CCCCN)NC(=O)[C@H](Cc1ccc(O)cc1)NC(=O)[C@@H](N)CO)[C@@H](C)O)C(=O)N[C@@H](CCCN=C(N)N)C(=O)N[C@@H](CCC(=O)O)C(=O)N[C@@H](Cc1ccccc1)C(=O)N[C@@H](Cc1ccccc1)C(=O)O. The van der Waals surface area contributed by atoms with Crippen molar-refractivity contribution in [1.82, 2.24) is 42.5 Å². The maximum absolute atomic E-state index is 14.4. The van der Waals surface area contributed by atoms with Gasteiger partial charge in [-0.15, -0.1) is 0 Å². The van der Waals surface area contributed by atoms with Crippen molar-refractivity contribution in [1.29, 1.82) is 0 Å². The Bertz CT molecular complexity index is 2700. The van der Waals surface area contributed by atoms with Crippen molar-refractivity contribution in [3.05, 3.63) is 102 Å². The summed E-state index contributed by atoms with van der Waals surface area (Å²) in [4.78, 5) is 140. The van der Waals surface area contributed by atoms with E-state index in [0.717, 1.165) is 0 Å². The van der Waals surface area contributed by atoms with Crippen LogP contribution in [-0.2, 0) is 67.2 Å². The molecule has 0 saturated carbocycles. The Kier molecular flexibility index (Phi) is 30.5. The maximum Gasteiger partial charge on any atom is 0.326 e. The van der Waals surface area contributed by atoms with Crippen molar-refractivity contribution in [3.63, 3.8) is 0 Å². The van der Waals surface area contributed by atoms with Crippen LogP contribution in [0.4, 0.5) is 0 Å². The summed E-state index contributed by atoms with van der Waals surface area (Å²) in [6, 6.07) is 8.98. The molecule has 0 aromatic heterocycles. The molecule has 28 nitrogen and oxygen atoms in total. The van der Waals surface area contributed by atoms with E-state index in [0.29, 0.717) is 23.1 Å². The summed E-state index contributed by atoms with van der Waals surface area (Å²) >= 11 is 0. The fourth-order valence-electron chi connectivity index (χ4n) is 8.60. The van der Waals surface area contributed by atoms with E-state index in [1.165, 1.54) is 31.2 Å². The number of nitrogens with one attached hydrogen (secondary N) is 8. The number of aliphatic imine (C=N–C) groups is 1. The zero-order valence-electron chi connectivity index (χ0n) is 47.9. The summed E-state index contributed by atoms with van der Waals surface area (Å²) in [5.74, 6) is -11.1. The number of guanidine groups is 1. The van der Waals surface area contributed by atoms with Crippen LogP contribution in [0.1, 0.15) is 88.8 Å². The number of nitrogens with two attached hydrogens (primary N) is 4. The summed E-state index contributed by atoms with van der Waals surface area (Å²) in [7, 11) is 0. The van der Waals surface area contributed by atoms with E-state index in [1.54, 1.807) is 74.5 Å². The standard InChI is InChI=1S/C57H83N13O15/c1-32(2)27-42(68-55(83)47(33(3)72)70-51(79)39(17-10-11-25-58)63-53(81)43(66-48(76)38(59)31-71)29-36-19-21-37(73)22-20-36)52(80)64-40(18-12-26-62-57(60)61)49(77)65-41(23-24-46(74)75)50(78)67-44(28-34-13-6-4-7-14-34)54(82)69-45(56(84)85)30-35-15-8-5-9-16-35/h4-9,13-16,19-22,32-33,38-45,47,71-73H,10-12,17-18,23-31,58-59H2,1-3H3,(H,63,81)(H,64,80)(H,65,77)(H,66,76)(H,67,78)(H,68,83)(H,69,82)(H,70,79)(H,74,75)(H,84,85)(H4,60,61,62)/t33-,38+,39+,40+,41+,42+,43+,44+,45+,47+/m1/s1. The summed E-state index contributed by atoms with van der Waals surface area (Å²) in [5, 5.41) is 70.2. The summed E-state index contributed by atoms with van der Waals surface area (Å²) in [6.07, 6.45) is -2.90. The quantitative estimate of drug-likeness (QED) is 0.0156. The van der Waals surface area contributed by atoms with Crippen LogP contribution in [0.2, 0.25) is 0 Å². The molecule has 0 aliphatic heterocycles. The number of phenols is 1. The number of nitrogens with zero attached hydrogens (tertiary/aromatic N) is 1. The van der Waals surface area contributed by atoms with Crippen molar-refractivity contribution in [2.75, 3.05) is 19.7 Å². The molecule has 21 N–H and O–H groups in total. The van der Waals surface area contributed by atoms with Crippen LogP contribution < -0.4 is 65.5 Å². The Hall–Kier alpha value is -8.73. The number of aromatic hydroxyl groups is 1. The van der Waals surface area contributed by atoms with Gasteiger partial charge in [0.15, 0.2) is 5.96 Å². The highest BCUT2D eigenvalue weighted by atomic mass is 16.4. The molecule has 28 heteroatoms. The first-order valence-corrected chi connectivity index (χ1v) is 27.8. The number of aliphatic carboxylic acids is 2. The van der Waals surface area contributed by atoms with Gasteiger partial charge in [0.2, 0.25) is 47.3 Å². The number of aliphatic hydroxyl groups excluding tert-OH is 2. The van der Waals surface area contributed by atoms with Crippen LogP contribution >= 0.6 is 0 Å². The molecule has 466 valence electrons. The van der Waals surface area contributed by atoms with Gasteiger partial charge < -0.3 is 91.0 Å². The van der Waals surface area contributed by atoms with Crippen LogP contribution in [0.5, 0.6) is 5.75 Å². The second kappa shape index (κ2) is 36.8. The molecule has 0 radical (unpaired) electrons. The van der Waals surface area contributed by atoms with E-state index in [-0.39, 0.29) is 82.1 Å². The maximum atomic E-state index is 14.4. The van der Waals surface area contributed by atoms with E-state index < -0.39 is 139 Å². The van der Waals surface area contributed by atoms with Gasteiger partial charge in [-0.1, -0.05) is 86.6 Å². The first kappa shape index (κ1) is 70.5. The summed E-state index contributed by atoms with van der Waals surface area (Å²) in [5.41, 5.74) is 24.1. The number of hydrogen-bond acceptors (Lipinski definition) is 16. The lowest BCUT2D eigenvalue weighted by Crippen LogP contribution is -2.62. The van der Waals surface area contributed by atoms with E-state index >= 15 is 0 Å². The topological polar surface area (TPSA) is 485 Å². The van der Waals surface area contributed by atoms with Crippen molar-refractivity contribution in [2.45, 2.75) is 152 Å². The van der Waals surface area contributed by atoms with Gasteiger partial charge in [0.05, 0.1) is 12.7 Å². The van der Waals surface area contributed by atoms with Gasteiger partial charge in [0.25, 0.3) is 0 Å². The number of carbonyl (C=O) groups is 10. The molecular formula is C57H83N13O15. The third-order valence-corrected chi connectivity index (χ3v) is 13.2. The molecule has 0 heterocycles. The largest absolute Gasteiger partial charge is 0.508 e. The number of benzene rings is 3. The monoisotopic (exact) mass is 1190 g/mol. The second-order valence-electron chi connectivity index (χ2n) is 20.8. The third-order valence-electron chi connectivity index (χ3n) is 13.2. The Balaban J connectivity index is 1.94. The van der Waals surface area contributed by atoms with Gasteiger partial charge in [-0.2, -0.15) is 0 Å². The third kappa shape index (κ3) is 26.2. The minimum atomic E-state index is -1.78. The van der Waals surface area contributed by atoms with Crippen LogP contribution in [0, 0.1) is 5.92 Å². The molecule has 3 rings (SSSR count). The molecule has 8 amide bonds. The predicted octanol–water partition coefficient (Wildman–Crippen LogP) is -2.82. The van der Waals surface area contributed by atoms with Crippen molar-refractivity contribution in [3.8, 4) is 5.75 Å². The first-order chi connectivity index (χ1) is 40.3. The smallest absolute Gasteiger partial charge is 0.326 e. The molecule has 0 unspecified atom stereocenters. The van der Waals surface area contributed by atoms with Crippen LogP contribution in [0.15, 0.2) is 89.9 Å². The highest BCUT2D eigenvalue weighted by Gasteiger charge is 2.37. The minimum Gasteiger partial charge on any atom is -0.508 e. The van der Waals surface area contributed by atoms with Gasteiger partial charge in [-0.05, 0) is 93.2 Å². The number of rotatable bonds is 38. The normalized spacial score (nSPS) is 14.6.